The van der Waals surface area contributed by atoms with Gasteiger partial charge >= 0.3 is 0 Å². The van der Waals surface area contributed by atoms with Crippen LogP contribution in [-0.2, 0) is 0 Å². The van der Waals surface area contributed by atoms with Gasteiger partial charge in [0.1, 0.15) is 11.4 Å². The van der Waals surface area contributed by atoms with E-state index >= 15 is 0 Å². The molecule has 0 aliphatic rings. The fourth-order valence-corrected chi connectivity index (χ4v) is 2.43. The van der Waals surface area contributed by atoms with Crippen LogP contribution in [0.2, 0.25) is 0 Å². The van der Waals surface area contributed by atoms with Crippen LogP contribution < -0.4 is 10.1 Å². The molecule has 0 atom stereocenters. The van der Waals surface area contributed by atoms with E-state index in [4.69, 9.17) is 4.74 Å². The maximum absolute atomic E-state index is 12.0. The normalized spacial score (nSPS) is 10.5. The van der Waals surface area contributed by atoms with Crippen molar-refractivity contribution in [2.45, 2.75) is 0 Å². The maximum Gasteiger partial charge on any atom is 0.269 e. The largest absolute Gasteiger partial charge is 0.497 e. The molecule has 0 radical (unpaired) electrons. The number of fused-ring (bicyclic) bond motifs is 1. The average molecular weight is 292 g/mol. The number of methoxy groups -OCH3 is 1. The molecule has 1 aromatic heterocycles. The van der Waals surface area contributed by atoms with Gasteiger partial charge in [-0.05, 0) is 35.4 Å². The van der Waals surface area contributed by atoms with Gasteiger partial charge in [-0.15, -0.1) is 0 Å². The summed E-state index contributed by atoms with van der Waals surface area (Å²) in [6.07, 6.45) is 0. The van der Waals surface area contributed by atoms with Crippen molar-refractivity contribution in [3.63, 3.8) is 0 Å². The average Bonchev–Trinajstić information content (AvgIpc) is 2.60. The lowest BCUT2D eigenvalue weighted by Gasteiger charge is -2.10. The highest BCUT2D eigenvalue weighted by molar-refractivity contribution is 6.01. The Morgan fingerprint density at radius 1 is 1.09 bits per heavy atom. The number of rotatable bonds is 3. The highest BCUT2D eigenvalue weighted by atomic mass is 16.5. The number of hydrogen-bond acceptors (Lipinski definition) is 3. The summed E-state index contributed by atoms with van der Waals surface area (Å²) in [7, 11) is 3.24. The van der Waals surface area contributed by atoms with Gasteiger partial charge in [0.2, 0.25) is 0 Å². The molecule has 110 valence electrons. The third-order valence-electron chi connectivity index (χ3n) is 3.56. The Hall–Kier alpha value is -2.88. The summed E-state index contributed by atoms with van der Waals surface area (Å²) in [4.78, 5) is 16.4. The predicted molar refractivity (Wildman–Crippen MR) is 87.1 cm³/mol. The molecule has 0 bridgehead atoms. The molecule has 3 aromatic rings. The fourth-order valence-electron chi connectivity index (χ4n) is 2.43. The Balaban J connectivity index is 2.32. The summed E-state index contributed by atoms with van der Waals surface area (Å²) in [5.74, 6) is 0.564. The summed E-state index contributed by atoms with van der Waals surface area (Å²) in [6, 6.07) is 17.4. The molecule has 3 rings (SSSR count). The van der Waals surface area contributed by atoms with Crippen LogP contribution in [0, 0.1) is 0 Å². The lowest BCUT2D eigenvalue weighted by atomic mass is 10.00. The lowest BCUT2D eigenvalue weighted by Crippen LogP contribution is -2.19. The summed E-state index contributed by atoms with van der Waals surface area (Å²) in [6.45, 7) is 0. The Kier molecular flexibility index (Phi) is 3.74. The van der Waals surface area contributed by atoms with Gasteiger partial charge in [-0.1, -0.05) is 30.3 Å². The van der Waals surface area contributed by atoms with Crippen molar-refractivity contribution in [1.82, 2.24) is 10.3 Å². The number of ether oxygens (including phenoxy) is 1. The first-order valence-electron chi connectivity index (χ1n) is 6.99. The minimum atomic E-state index is -0.199. The minimum Gasteiger partial charge on any atom is -0.497 e. The molecule has 0 saturated heterocycles. The first-order valence-corrected chi connectivity index (χ1v) is 6.99. The van der Waals surface area contributed by atoms with Crippen LogP contribution in [-0.4, -0.2) is 25.0 Å². The van der Waals surface area contributed by atoms with E-state index in [1.807, 2.05) is 54.6 Å². The van der Waals surface area contributed by atoms with Gasteiger partial charge in [0.25, 0.3) is 5.91 Å². The SMILES string of the molecule is CNC(=O)c1cc(-c2ccccc2)c2cc(OC)ccc2n1. The quantitative estimate of drug-likeness (QED) is 0.806. The Labute approximate surface area is 128 Å². The molecule has 4 nitrogen and oxygen atoms in total. The summed E-state index contributed by atoms with van der Waals surface area (Å²) >= 11 is 0. The van der Waals surface area contributed by atoms with Crippen LogP contribution in [0.3, 0.4) is 0 Å². The number of carbonyl (C=O) groups excluding carboxylic acids is 1. The third kappa shape index (κ3) is 2.51. The van der Waals surface area contributed by atoms with E-state index in [1.165, 1.54) is 0 Å². The van der Waals surface area contributed by atoms with Gasteiger partial charge in [-0.3, -0.25) is 4.79 Å². The molecule has 1 heterocycles. The number of amides is 1. The number of carbonyl (C=O) groups is 1. The second-order valence-corrected chi connectivity index (χ2v) is 4.88. The molecule has 22 heavy (non-hydrogen) atoms. The first-order chi connectivity index (χ1) is 10.7. The Morgan fingerprint density at radius 2 is 1.86 bits per heavy atom. The molecule has 0 unspecified atom stereocenters. The summed E-state index contributed by atoms with van der Waals surface area (Å²) < 4.78 is 5.30. The van der Waals surface area contributed by atoms with E-state index in [2.05, 4.69) is 10.3 Å². The van der Waals surface area contributed by atoms with Gasteiger partial charge in [-0.2, -0.15) is 0 Å². The molecule has 0 aliphatic heterocycles. The van der Waals surface area contributed by atoms with Gasteiger partial charge in [-0.25, -0.2) is 4.98 Å². The number of pyridine rings is 1. The van der Waals surface area contributed by atoms with E-state index in [9.17, 15) is 4.79 Å². The van der Waals surface area contributed by atoms with Gasteiger partial charge in [0, 0.05) is 12.4 Å². The molecule has 1 N–H and O–H groups in total. The number of hydrogen-bond donors (Lipinski definition) is 1. The first kappa shape index (κ1) is 14.1. The molecule has 0 spiro atoms. The molecule has 2 aromatic carbocycles. The molecule has 1 amide bonds. The second-order valence-electron chi connectivity index (χ2n) is 4.88. The highest BCUT2D eigenvalue weighted by Crippen LogP contribution is 2.31. The molecule has 0 saturated carbocycles. The minimum absolute atomic E-state index is 0.199. The van der Waals surface area contributed by atoms with Crippen LogP contribution >= 0.6 is 0 Å². The smallest absolute Gasteiger partial charge is 0.269 e. The van der Waals surface area contributed by atoms with E-state index in [1.54, 1.807) is 14.2 Å². The van der Waals surface area contributed by atoms with Gasteiger partial charge in [0.05, 0.1) is 12.6 Å². The Morgan fingerprint density at radius 3 is 2.55 bits per heavy atom. The van der Waals surface area contributed by atoms with Crippen LogP contribution in [0.15, 0.2) is 54.6 Å². The van der Waals surface area contributed by atoms with Crippen molar-refractivity contribution in [3.8, 4) is 16.9 Å². The second kappa shape index (κ2) is 5.85. The van der Waals surface area contributed by atoms with Crippen molar-refractivity contribution in [3.05, 3.63) is 60.3 Å². The maximum atomic E-state index is 12.0. The van der Waals surface area contributed by atoms with E-state index < -0.39 is 0 Å². The van der Waals surface area contributed by atoms with Crippen LogP contribution in [0.25, 0.3) is 22.0 Å². The van der Waals surface area contributed by atoms with E-state index in [0.717, 1.165) is 27.8 Å². The summed E-state index contributed by atoms with van der Waals surface area (Å²) in [5.41, 5.74) is 3.16. The monoisotopic (exact) mass is 292 g/mol. The standard InChI is InChI=1S/C18H16N2O2/c1-19-18(21)17-11-14(12-6-4-3-5-7-12)15-10-13(22-2)8-9-16(15)20-17/h3-11H,1-2H3,(H,19,21). The van der Waals surface area contributed by atoms with Crippen molar-refractivity contribution in [1.29, 1.82) is 0 Å². The van der Waals surface area contributed by atoms with Gasteiger partial charge < -0.3 is 10.1 Å². The van der Waals surface area contributed by atoms with E-state index in [-0.39, 0.29) is 5.91 Å². The van der Waals surface area contributed by atoms with Crippen LogP contribution in [0.5, 0.6) is 5.75 Å². The Bertz CT molecular complexity index is 829. The predicted octanol–water partition coefficient (Wildman–Crippen LogP) is 3.27. The van der Waals surface area contributed by atoms with Crippen LogP contribution in [0.1, 0.15) is 10.5 Å². The molecule has 0 aliphatic carbocycles. The highest BCUT2D eigenvalue weighted by Gasteiger charge is 2.12. The van der Waals surface area contributed by atoms with Crippen LogP contribution in [0.4, 0.5) is 0 Å². The molecule has 4 heteroatoms. The zero-order valence-corrected chi connectivity index (χ0v) is 12.5. The van der Waals surface area contributed by atoms with Crippen molar-refractivity contribution >= 4 is 16.8 Å². The molecular formula is C18H16N2O2. The van der Waals surface area contributed by atoms with Crippen molar-refractivity contribution in [2.75, 3.05) is 14.2 Å². The van der Waals surface area contributed by atoms with E-state index in [0.29, 0.717) is 5.69 Å². The van der Waals surface area contributed by atoms with Crippen molar-refractivity contribution in [2.24, 2.45) is 0 Å². The number of nitrogens with zero attached hydrogens (tertiary/aromatic N) is 1. The third-order valence-corrected chi connectivity index (χ3v) is 3.56. The molecule has 0 fully saturated rings. The number of nitrogens with one attached hydrogen (secondary N) is 1. The number of benzene rings is 2. The summed E-state index contributed by atoms with van der Waals surface area (Å²) in [5, 5.41) is 3.58. The van der Waals surface area contributed by atoms with Crippen molar-refractivity contribution < 1.29 is 9.53 Å². The number of aromatic nitrogens is 1. The fraction of sp³-hybridized carbons (Fsp3) is 0.111. The van der Waals surface area contributed by atoms with Gasteiger partial charge in [0.15, 0.2) is 0 Å². The topological polar surface area (TPSA) is 51.2 Å². The lowest BCUT2D eigenvalue weighted by molar-refractivity contribution is 0.0958. The zero-order valence-electron chi connectivity index (χ0n) is 12.5. The zero-order chi connectivity index (χ0) is 15.5. The molecular weight excluding hydrogens is 276 g/mol.